The number of anilines is 2. The third kappa shape index (κ3) is 2.52. The van der Waals surface area contributed by atoms with Crippen molar-refractivity contribution >= 4 is 11.4 Å². The topological polar surface area (TPSA) is 53.0 Å². The van der Waals surface area contributed by atoms with E-state index in [1.165, 1.54) is 19.3 Å². The van der Waals surface area contributed by atoms with Gasteiger partial charge in [-0.3, -0.25) is 0 Å². The molecule has 2 N–H and O–H groups in total. The minimum absolute atomic E-state index is 0.570. The van der Waals surface area contributed by atoms with Gasteiger partial charge in [0.25, 0.3) is 0 Å². The maximum absolute atomic E-state index is 8.97. The first kappa shape index (κ1) is 11.8. The van der Waals surface area contributed by atoms with E-state index in [-0.39, 0.29) is 0 Å². The highest BCUT2D eigenvalue weighted by molar-refractivity contribution is 5.63. The molecule has 3 heteroatoms. The highest BCUT2D eigenvalue weighted by Crippen LogP contribution is 2.28. The van der Waals surface area contributed by atoms with Crippen LogP contribution in [-0.4, -0.2) is 13.1 Å². The van der Waals surface area contributed by atoms with E-state index in [2.05, 4.69) is 17.9 Å². The SMILES string of the molecule is CCCC1CCN(c2ccc(N)c(C#N)c2)C1. The maximum Gasteiger partial charge on any atom is 0.101 e. The zero-order valence-corrected chi connectivity index (χ0v) is 10.3. The Hall–Kier alpha value is -1.69. The van der Waals surface area contributed by atoms with Gasteiger partial charge in [-0.25, -0.2) is 0 Å². The monoisotopic (exact) mass is 229 g/mol. The van der Waals surface area contributed by atoms with Crippen LogP contribution in [0.25, 0.3) is 0 Å². The van der Waals surface area contributed by atoms with Gasteiger partial charge in [0.1, 0.15) is 6.07 Å². The van der Waals surface area contributed by atoms with Gasteiger partial charge in [0.15, 0.2) is 0 Å². The zero-order chi connectivity index (χ0) is 12.3. The van der Waals surface area contributed by atoms with E-state index < -0.39 is 0 Å². The van der Waals surface area contributed by atoms with Crippen LogP contribution in [0, 0.1) is 17.2 Å². The fourth-order valence-corrected chi connectivity index (χ4v) is 2.55. The molecule has 0 amide bonds. The summed E-state index contributed by atoms with van der Waals surface area (Å²) in [5.74, 6) is 0.808. The number of benzene rings is 1. The first-order valence-electron chi connectivity index (χ1n) is 6.29. The van der Waals surface area contributed by atoms with Gasteiger partial charge in [0.05, 0.1) is 5.56 Å². The van der Waals surface area contributed by atoms with Gasteiger partial charge in [-0.2, -0.15) is 5.26 Å². The van der Waals surface area contributed by atoms with E-state index in [1.54, 1.807) is 0 Å². The molecule has 1 aliphatic rings. The smallest absolute Gasteiger partial charge is 0.101 e. The predicted molar refractivity (Wildman–Crippen MR) is 70.8 cm³/mol. The van der Waals surface area contributed by atoms with Gasteiger partial charge < -0.3 is 10.6 Å². The van der Waals surface area contributed by atoms with Crippen LogP contribution < -0.4 is 10.6 Å². The highest BCUT2D eigenvalue weighted by Gasteiger charge is 2.22. The number of nitrogens with zero attached hydrogens (tertiary/aromatic N) is 2. The summed E-state index contributed by atoms with van der Waals surface area (Å²) in [4.78, 5) is 2.36. The summed E-state index contributed by atoms with van der Waals surface area (Å²) in [6.45, 7) is 4.45. The molecule has 1 atom stereocenters. The third-order valence-corrected chi connectivity index (χ3v) is 3.51. The third-order valence-electron chi connectivity index (χ3n) is 3.51. The Bertz CT molecular complexity index is 434. The molecule has 1 heterocycles. The average Bonchev–Trinajstić information content (AvgIpc) is 2.79. The van der Waals surface area contributed by atoms with Gasteiger partial charge in [0, 0.05) is 24.5 Å². The number of nitrogen functional groups attached to an aromatic ring is 1. The summed E-state index contributed by atoms with van der Waals surface area (Å²) in [7, 11) is 0. The Morgan fingerprint density at radius 2 is 2.35 bits per heavy atom. The van der Waals surface area contributed by atoms with Gasteiger partial charge in [-0.1, -0.05) is 13.3 Å². The van der Waals surface area contributed by atoms with Crippen LogP contribution in [0.15, 0.2) is 18.2 Å². The van der Waals surface area contributed by atoms with Crippen LogP contribution in [0.3, 0.4) is 0 Å². The Kier molecular flexibility index (Phi) is 3.53. The average molecular weight is 229 g/mol. The van der Waals surface area contributed by atoms with E-state index in [1.807, 2.05) is 18.2 Å². The predicted octanol–water partition coefficient (Wildman–Crippen LogP) is 2.77. The molecule has 0 aromatic heterocycles. The van der Waals surface area contributed by atoms with Crippen LogP contribution in [0.2, 0.25) is 0 Å². The standard InChI is InChI=1S/C14H19N3/c1-2-3-11-6-7-17(10-11)13-4-5-14(16)12(8-13)9-15/h4-5,8,11H,2-3,6-7,10,16H2,1H3. The molecule has 1 saturated heterocycles. The number of hydrogen-bond donors (Lipinski definition) is 1. The second-order valence-corrected chi connectivity index (χ2v) is 4.77. The zero-order valence-electron chi connectivity index (χ0n) is 10.3. The van der Waals surface area contributed by atoms with E-state index in [0.29, 0.717) is 11.3 Å². The van der Waals surface area contributed by atoms with Crippen molar-refractivity contribution in [1.82, 2.24) is 0 Å². The molecular weight excluding hydrogens is 210 g/mol. The highest BCUT2D eigenvalue weighted by atomic mass is 15.1. The van der Waals surface area contributed by atoms with Crippen LogP contribution in [-0.2, 0) is 0 Å². The largest absolute Gasteiger partial charge is 0.398 e. The van der Waals surface area contributed by atoms with Crippen LogP contribution in [0.4, 0.5) is 11.4 Å². The van der Waals surface area contributed by atoms with Gasteiger partial charge in [-0.05, 0) is 37.0 Å². The van der Waals surface area contributed by atoms with Crippen LogP contribution in [0.1, 0.15) is 31.7 Å². The Morgan fingerprint density at radius 3 is 3.06 bits per heavy atom. The van der Waals surface area contributed by atoms with Crippen molar-refractivity contribution in [2.45, 2.75) is 26.2 Å². The molecule has 0 saturated carbocycles. The fraction of sp³-hybridized carbons (Fsp3) is 0.500. The van der Waals surface area contributed by atoms with Crippen LogP contribution >= 0.6 is 0 Å². The molecule has 2 rings (SSSR count). The molecule has 1 unspecified atom stereocenters. The summed E-state index contributed by atoms with van der Waals surface area (Å²) >= 11 is 0. The second kappa shape index (κ2) is 5.09. The summed E-state index contributed by atoms with van der Waals surface area (Å²) in [6, 6.07) is 7.90. The molecule has 90 valence electrons. The Balaban J connectivity index is 2.11. The lowest BCUT2D eigenvalue weighted by Gasteiger charge is -2.19. The molecule has 1 aromatic carbocycles. The first-order valence-corrected chi connectivity index (χ1v) is 6.29. The lowest BCUT2D eigenvalue weighted by Crippen LogP contribution is -2.19. The fourth-order valence-electron chi connectivity index (χ4n) is 2.55. The summed E-state index contributed by atoms with van der Waals surface area (Å²) in [6.07, 6.45) is 3.82. The minimum Gasteiger partial charge on any atom is -0.398 e. The van der Waals surface area contributed by atoms with Crippen molar-refractivity contribution in [2.24, 2.45) is 5.92 Å². The molecule has 0 spiro atoms. The lowest BCUT2D eigenvalue weighted by molar-refractivity contribution is 0.530. The molecule has 1 fully saturated rings. The van der Waals surface area contributed by atoms with E-state index in [0.717, 1.165) is 24.7 Å². The normalized spacial score (nSPS) is 19.3. The Labute approximate surface area is 103 Å². The first-order chi connectivity index (χ1) is 8.24. The van der Waals surface area contributed by atoms with Gasteiger partial charge in [0.2, 0.25) is 0 Å². The van der Waals surface area contributed by atoms with Gasteiger partial charge >= 0.3 is 0 Å². The summed E-state index contributed by atoms with van der Waals surface area (Å²) in [5, 5.41) is 8.97. The summed E-state index contributed by atoms with van der Waals surface area (Å²) in [5.41, 5.74) is 8.02. The maximum atomic E-state index is 8.97. The van der Waals surface area contributed by atoms with E-state index in [4.69, 9.17) is 11.0 Å². The molecular formula is C14H19N3. The van der Waals surface area contributed by atoms with Crippen molar-refractivity contribution < 1.29 is 0 Å². The molecule has 1 aliphatic heterocycles. The molecule has 0 bridgehead atoms. The van der Waals surface area contributed by atoms with Crippen LogP contribution in [0.5, 0.6) is 0 Å². The van der Waals surface area contributed by atoms with Crippen molar-refractivity contribution in [3.63, 3.8) is 0 Å². The van der Waals surface area contributed by atoms with Gasteiger partial charge in [-0.15, -0.1) is 0 Å². The molecule has 0 aliphatic carbocycles. The Morgan fingerprint density at radius 1 is 1.53 bits per heavy atom. The molecule has 3 nitrogen and oxygen atoms in total. The quantitative estimate of drug-likeness (QED) is 0.811. The molecule has 17 heavy (non-hydrogen) atoms. The van der Waals surface area contributed by atoms with Crippen molar-refractivity contribution in [3.8, 4) is 6.07 Å². The number of nitriles is 1. The second-order valence-electron chi connectivity index (χ2n) is 4.77. The summed E-state index contributed by atoms with van der Waals surface area (Å²) < 4.78 is 0. The number of nitrogens with two attached hydrogens (primary N) is 1. The van der Waals surface area contributed by atoms with Crippen molar-refractivity contribution in [1.29, 1.82) is 5.26 Å². The van der Waals surface area contributed by atoms with E-state index >= 15 is 0 Å². The molecule has 1 aromatic rings. The minimum atomic E-state index is 0.570. The lowest BCUT2D eigenvalue weighted by atomic mass is 10.0. The van der Waals surface area contributed by atoms with E-state index in [9.17, 15) is 0 Å². The number of rotatable bonds is 3. The number of hydrogen-bond acceptors (Lipinski definition) is 3. The van der Waals surface area contributed by atoms with Crippen molar-refractivity contribution in [3.05, 3.63) is 23.8 Å². The van der Waals surface area contributed by atoms with Crippen molar-refractivity contribution in [2.75, 3.05) is 23.7 Å². The molecule has 0 radical (unpaired) electrons.